The van der Waals surface area contributed by atoms with Gasteiger partial charge in [0.1, 0.15) is 11.5 Å². The van der Waals surface area contributed by atoms with E-state index >= 15 is 0 Å². The minimum absolute atomic E-state index is 0.668. The molecule has 2 aliphatic heterocycles. The van der Waals surface area contributed by atoms with Crippen LogP contribution < -0.4 is 15.2 Å². The molecule has 0 spiro atoms. The van der Waals surface area contributed by atoms with Crippen molar-refractivity contribution in [2.24, 2.45) is 5.73 Å². The Morgan fingerprint density at radius 3 is 2.53 bits per heavy atom. The van der Waals surface area contributed by atoms with E-state index in [1.165, 1.54) is 21.6 Å². The monoisotopic (exact) mass is 251 g/mol. The predicted molar refractivity (Wildman–Crippen MR) is 69.4 cm³/mol. The Bertz CT molecular complexity index is 424. The summed E-state index contributed by atoms with van der Waals surface area (Å²) in [6, 6.07) is 0. The summed E-state index contributed by atoms with van der Waals surface area (Å²) in [6.45, 7) is 2.26. The maximum Gasteiger partial charge on any atom is 0.136 e. The Hall–Kier alpha value is -0.870. The zero-order chi connectivity index (χ0) is 11.8. The van der Waals surface area contributed by atoms with Gasteiger partial charge in [0.2, 0.25) is 0 Å². The topological polar surface area (TPSA) is 44.5 Å². The second kappa shape index (κ2) is 4.42. The molecule has 0 radical (unpaired) electrons. The first-order chi connectivity index (χ1) is 8.36. The molecule has 0 aliphatic carbocycles. The largest absolute Gasteiger partial charge is 0.493 e. The van der Waals surface area contributed by atoms with Crippen LogP contribution in [0.3, 0.4) is 0 Å². The van der Waals surface area contributed by atoms with Crippen molar-refractivity contribution in [2.75, 3.05) is 26.0 Å². The van der Waals surface area contributed by atoms with E-state index in [1.807, 2.05) is 0 Å². The van der Waals surface area contributed by atoms with Gasteiger partial charge in [0.05, 0.1) is 18.1 Å². The second-order valence-electron chi connectivity index (χ2n) is 4.36. The molecule has 0 aromatic heterocycles. The van der Waals surface area contributed by atoms with Crippen molar-refractivity contribution in [3.63, 3.8) is 0 Å². The van der Waals surface area contributed by atoms with E-state index in [0.29, 0.717) is 6.54 Å². The van der Waals surface area contributed by atoms with Crippen LogP contribution in [0.5, 0.6) is 11.5 Å². The van der Waals surface area contributed by atoms with Gasteiger partial charge in [-0.3, -0.25) is 0 Å². The molecular formula is C13H17NO2S. The normalized spacial score (nSPS) is 16.4. The lowest BCUT2D eigenvalue weighted by Crippen LogP contribution is -2.07. The fourth-order valence-corrected chi connectivity index (χ4v) is 3.60. The van der Waals surface area contributed by atoms with E-state index in [1.54, 1.807) is 11.8 Å². The maximum atomic E-state index is 5.83. The first-order valence-electron chi connectivity index (χ1n) is 6.07. The molecule has 0 amide bonds. The number of hydrogen-bond acceptors (Lipinski definition) is 4. The van der Waals surface area contributed by atoms with Crippen molar-refractivity contribution in [3.05, 3.63) is 16.7 Å². The summed E-state index contributed by atoms with van der Waals surface area (Å²) >= 11 is 1.77. The molecule has 92 valence electrons. The van der Waals surface area contributed by atoms with E-state index in [0.717, 1.165) is 44.0 Å². The minimum Gasteiger partial charge on any atom is -0.493 e. The molecule has 2 N–H and O–H groups in total. The lowest BCUT2D eigenvalue weighted by atomic mass is 9.97. The standard InChI is InChI=1S/C13H17NO2S/c1-17-13-10-4-7-15-11(10)8(2-5-14)9-3-6-16-12(9)13/h2-7,14H2,1H3. The molecule has 0 atom stereocenters. The SMILES string of the molecule is CSc1c2c(c(CCN)c3c1OCC3)OCC2. The number of ether oxygens (including phenoxy) is 2. The molecule has 2 heterocycles. The van der Waals surface area contributed by atoms with Gasteiger partial charge in [-0.15, -0.1) is 11.8 Å². The third kappa shape index (κ3) is 1.62. The molecule has 4 heteroatoms. The highest BCUT2D eigenvalue weighted by molar-refractivity contribution is 7.98. The molecule has 2 aliphatic rings. The predicted octanol–water partition coefficient (Wildman–Crippen LogP) is 1.78. The summed E-state index contributed by atoms with van der Waals surface area (Å²) in [6.07, 6.45) is 5.00. The number of fused-ring (bicyclic) bond motifs is 2. The Labute approximate surface area is 106 Å². The van der Waals surface area contributed by atoms with E-state index in [9.17, 15) is 0 Å². The summed E-state index contributed by atoms with van der Waals surface area (Å²) in [5.74, 6) is 2.20. The summed E-state index contributed by atoms with van der Waals surface area (Å²) in [5, 5.41) is 0. The first kappa shape index (κ1) is 11.2. The number of thioether (sulfide) groups is 1. The average Bonchev–Trinajstić information content (AvgIpc) is 2.96. The van der Waals surface area contributed by atoms with E-state index < -0.39 is 0 Å². The van der Waals surface area contributed by atoms with Crippen molar-refractivity contribution < 1.29 is 9.47 Å². The Balaban J connectivity index is 2.23. The van der Waals surface area contributed by atoms with Crippen molar-refractivity contribution in [1.29, 1.82) is 0 Å². The fourth-order valence-electron chi connectivity index (χ4n) is 2.79. The van der Waals surface area contributed by atoms with E-state index in [2.05, 4.69) is 6.26 Å². The lowest BCUT2D eigenvalue weighted by Gasteiger charge is -2.15. The van der Waals surface area contributed by atoms with Crippen LogP contribution in [0.1, 0.15) is 16.7 Å². The molecular weight excluding hydrogens is 234 g/mol. The van der Waals surface area contributed by atoms with Crippen LogP contribution in [0.25, 0.3) is 0 Å². The van der Waals surface area contributed by atoms with Crippen molar-refractivity contribution >= 4 is 11.8 Å². The highest BCUT2D eigenvalue weighted by Crippen LogP contribution is 2.48. The molecule has 0 fully saturated rings. The summed E-state index contributed by atoms with van der Waals surface area (Å²) in [7, 11) is 0. The number of hydrogen-bond donors (Lipinski definition) is 1. The van der Waals surface area contributed by atoms with Gasteiger partial charge in [-0.2, -0.15) is 0 Å². The summed E-state index contributed by atoms with van der Waals surface area (Å²) in [4.78, 5) is 1.28. The quantitative estimate of drug-likeness (QED) is 0.832. The molecule has 1 aromatic rings. The van der Waals surface area contributed by atoms with E-state index in [-0.39, 0.29) is 0 Å². The average molecular weight is 251 g/mol. The summed E-state index contributed by atoms with van der Waals surface area (Å²) in [5.41, 5.74) is 9.68. The van der Waals surface area contributed by atoms with Gasteiger partial charge in [-0.25, -0.2) is 0 Å². The van der Waals surface area contributed by atoms with Crippen molar-refractivity contribution in [2.45, 2.75) is 24.2 Å². The molecule has 17 heavy (non-hydrogen) atoms. The number of nitrogens with two attached hydrogens (primary N) is 1. The maximum absolute atomic E-state index is 5.83. The highest BCUT2D eigenvalue weighted by Gasteiger charge is 2.30. The fraction of sp³-hybridized carbons (Fsp3) is 0.538. The second-order valence-corrected chi connectivity index (χ2v) is 5.18. The number of benzene rings is 1. The minimum atomic E-state index is 0.668. The third-order valence-corrected chi connectivity index (χ3v) is 4.30. The Kier molecular flexibility index (Phi) is 2.92. The molecule has 3 rings (SSSR count). The van der Waals surface area contributed by atoms with Crippen LogP contribution in [-0.4, -0.2) is 26.0 Å². The van der Waals surface area contributed by atoms with Gasteiger partial charge < -0.3 is 15.2 Å². The van der Waals surface area contributed by atoms with Gasteiger partial charge in [-0.05, 0) is 19.2 Å². The van der Waals surface area contributed by atoms with Gasteiger partial charge in [0, 0.05) is 29.5 Å². The van der Waals surface area contributed by atoms with Crippen LogP contribution in [0.4, 0.5) is 0 Å². The summed E-state index contributed by atoms with van der Waals surface area (Å²) < 4.78 is 11.6. The Morgan fingerprint density at radius 2 is 1.82 bits per heavy atom. The molecule has 0 saturated heterocycles. The van der Waals surface area contributed by atoms with Gasteiger partial charge in [0.25, 0.3) is 0 Å². The van der Waals surface area contributed by atoms with Gasteiger partial charge in [0.15, 0.2) is 0 Å². The van der Waals surface area contributed by atoms with Crippen molar-refractivity contribution in [1.82, 2.24) is 0 Å². The van der Waals surface area contributed by atoms with Gasteiger partial charge in [-0.1, -0.05) is 0 Å². The highest BCUT2D eigenvalue weighted by atomic mass is 32.2. The zero-order valence-corrected chi connectivity index (χ0v) is 10.9. The first-order valence-corrected chi connectivity index (χ1v) is 7.29. The van der Waals surface area contributed by atoms with Crippen LogP contribution >= 0.6 is 11.8 Å². The number of rotatable bonds is 3. The van der Waals surface area contributed by atoms with Gasteiger partial charge >= 0.3 is 0 Å². The molecule has 1 aromatic carbocycles. The van der Waals surface area contributed by atoms with Crippen molar-refractivity contribution in [3.8, 4) is 11.5 Å². The van der Waals surface area contributed by atoms with Crippen LogP contribution in [0, 0.1) is 0 Å². The van der Waals surface area contributed by atoms with E-state index in [4.69, 9.17) is 15.2 Å². The molecule has 3 nitrogen and oxygen atoms in total. The Morgan fingerprint density at radius 1 is 1.12 bits per heavy atom. The molecule has 0 bridgehead atoms. The van der Waals surface area contributed by atoms with Crippen LogP contribution in [0.2, 0.25) is 0 Å². The van der Waals surface area contributed by atoms with Crippen LogP contribution in [-0.2, 0) is 19.3 Å². The zero-order valence-electron chi connectivity index (χ0n) is 10.0. The third-order valence-electron chi connectivity index (χ3n) is 3.46. The smallest absolute Gasteiger partial charge is 0.136 e. The lowest BCUT2D eigenvalue weighted by molar-refractivity contribution is 0.349. The van der Waals surface area contributed by atoms with Crippen LogP contribution in [0.15, 0.2) is 4.90 Å². The molecule has 0 saturated carbocycles. The molecule has 0 unspecified atom stereocenters.